The number of likely N-dealkylation sites (N-methyl/N-ethyl adjacent to an activating group) is 1. The lowest BCUT2D eigenvalue weighted by Crippen LogP contribution is -2.47. The van der Waals surface area contributed by atoms with Crippen LogP contribution in [0.25, 0.3) is 10.9 Å². The molecule has 2 aromatic heterocycles. The molecule has 0 aliphatic carbocycles. The molecular weight excluding hydrogens is 508 g/mol. The molecule has 0 saturated carbocycles. The smallest absolute Gasteiger partial charge is 0.410 e. The van der Waals surface area contributed by atoms with Crippen molar-refractivity contribution >= 4 is 40.4 Å². The van der Waals surface area contributed by atoms with Gasteiger partial charge < -0.3 is 20.7 Å². The van der Waals surface area contributed by atoms with Gasteiger partial charge in [-0.3, -0.25) is 14.4 Å². The summed E-state index contributed by atoms with van der Waals surface area (Å²) in [5, 5.41) is 14.8. The second kappa shape index (κ2) is 13.6. The van der Waals surface area contributed by atoms with Crippen LogP contribution in [0.4, 0.5) is 22.2 Å². The van der Waals surface area contributed by atoms with Crippen LogP contribution in [0.1, 0.15) is 59.4 Å². The van der Waals surface area contributed by atoms with E-state index in [2.05, 4.69) is 49.8 Å². The van der Waals surface area contributed by atoms with E-state index in [9.17, 15) is 9.59 Å². The third-order valence-corrected chi connectivity index (χ3v) is 6.01. The Bertz CT molecular complexity index is 1380. The lowest BCUT2D eigenvalue weighted by Gasteiger charge is -2.28. The maximum Gasteiger partial charge on any atom is 0.410 e. The van der Waals surface area contributed by atoms with Gasteiger partial charge in [0.1, 0.15) is 17.5 Å². The summed E-state index contributed by atoms with van der Waals surface area (Å²) < 4.78 is 7.15. The number of hydrogen-bond acceptors (Lipinski definition) is 8. The Morgan fingerprint density at radius 1 is 1.20 bits per heavy atom. The molecule has 0 saturated heterocycles. The van der Waals surface area contributed by atoms with Crippen molar-refractivity contribution in [3.05, 3.63) is 36.2 Å². The Kier molecular flexibility index (Phi) is 10.3. The van der Waals surface area contributed by atoms with Crippen LogP contribution in [0, 0.1) is 11.8 Å². The molecule has 11 heteroatoms. The van der Waals surface area contributed by atoms with Gasteiger partial charge in [-0.25, -0.2) is 9.78 Å². The lowest BCUT2D eigenvalue weighted by atomic mass is 10.2. The first-order chi connectivity index (χ1) is 19.0. The Morgan fingerprint density at radius 3 is 2.70 bits per heavy atom. The number of ether oxygens (including phenoxy) is 1. The van der Waals surface area contributed by atoms with E-state index in [1.807, 2.05) is 36.1 Å². The Labute approximate surface area is 236 Å². The molecule has 1 aromatic carbocycles. The maximum atomic E-state index is 12.5. The number of carbonyl (C=O) groups excluding carboxylic acids is 2. The number of benzene rings is 1. The quantitative estimate of drug-likeness (QED) is 0.251. The minimum Gasteiger partial charge on any atom is -0.444 e. The number of hydrogen-bond donors (Lipinski definition) is 3. The zero-order chi connectivity index (χ0) is 29.3. The van der Waals surface area contributed by atoms with Gasteiger partial charge in [0.05, 0.1) is 29.2 Å². The summed E-state index contributed by atoms with van der Waals surface area (Å²) >= 11 is 0. The Morgan fingerprint density at radius 2 is 1.98 bits per heavy atom. The van der Waals surface area contributed by atoms with Gasteiger partial charge in [0.25, 0.3) is 0 Å². The van der Waals surface area contributed by atoms with Crippen molar-refractivity contribution in [2.75, 3.05) is 30.8 Å². The molecule has 3 rings (SSSR count). The minimum atomic E-state index is -0.650. The number of fused-ring (bicyclic) bond motifs is 1. The van der Waals surface area contributed by atoms with Crippen LogP contribution in [0.15, 0.2) is 30.6 Å². The third kappa shape index (κ3) is 8.33. The molecule has 2 amide bonds. The van der Waals surface area contributed by atoms with E-state index < -0.39 is 17.7 Å². The monoisotopic (exact) mass is 548 g/mol. The van der Waals surface area contributed by atoms with Crippen molar-refractivity contribution in [3.8, 4) is 11.8 Å². The average molecular weight is 549 g/mol. The minimum absolute atomic E-state index is 0.245. The van der Waals surface area contributed by atoms with Crippen LogP contribution in [-0.4, -0.2) is 68.4 Å². The number of anilines is 3. The topological polar surface area (TPSA) is 126 Å². The number of aromatic nitrogens is 4. The molecule has 214 valence electrons. The highest BCUT2D eigenvalue weighted by Gasteiger charge is 2.26. The molecule has 0 radical (unpaired) electrons. The Hall–Kier alpha value is -4.33. The van der Waals surface area contributed by atoms with Crippen molar-refractivity contribution < 1.29 is 14.3 Å². The van der Waals surface area contributed by atoms with Crippen LogP contribution >= 0.6 is 0 Å². The van der Waals surface area contributed by atoms with Crippen LogP contribution in [0.3, 0.4) is 0 Å². The predicted octanol–water partition coefficient (Wildman–Crippen LogP) is 4.43. The fourth-order valence-electron chi connectivity index (χ4n) is 3.68. The van der Waals surface area contributed by atoms with Crippen molar-refractivity contribution in [2.24, 2.45) is 7.05 Å². The molecule has 3 aromatic rings. The molecule has 40 heavy (non-hydrogen) atoms. The van der Waals surface area contributed by atoms with Crippen molar-refractivity contribution in [1.82, 2.24) is 30.0 Å². The van der Waals surface area contributed by atoms with E-state index in [0.717, 1.165) is 29.6 Å². The van der Waals surface area contributed by atoms with Crippen molar-refractivity contribution in [3.63, 3.8) is 0 Å². The molecule has 11 nitrogen and oxygen atoms in total. The summed E-state index contributed by atoms with van der Waals surface area (Å²) in [5.41, 5.74) is 1.97. The first kappa shape index (κ1) is 30.2. The number of carbonyl (C=O) groups is 2. The highest BCUT2D eigenvalue weighted by Crippen LogP contribution is 2.25. The molecule has 0 spiro atoms. The summed E-state index contributed by atoms with van der Waals surface area (Å²) in [5.74, 6) is 7.18. The van der Waals surface area contributed by atoms with E-state index in [-0.39, 0.29) is 5.91 Å². The fraction of sp³-hybridized carbons (Fsp3) is 0.483. The van der Waals surface area contributed by atoms with E-state index >= 15 is 0 Å². The first-order valence-corrected chi connectivity index (χ1v) is 13.5. The molecule has 0 bridgehead atoms. The number of aryl methyl sites for hydroxylation is 1. The number of amides is 2. The van der Waals surface area contributed by atoms with Crippen molar-refractivity contribution in [1.29, 1.82) is 0 Å². The molecule has 0 aliphatic heterocycles. The SMILES string of the molecule is CCCNc1nc(Nc2cccc3c2cnn3C)ncc1C#CCCCNC(=O)[C@H](C)N(C)C(=O)OC(C)(C)C. The maximum absolute atomic E-state index is 12.5. The number of rotatable bonds is 10. The van der Waals surface area contributed by atoms with E-state index in [0.29, 0.717) is 36.7 Å². The molecule has 0 unspecified atom stereocenters. The number of nitrogens with zero attached hydrogens (tertiary/aromatic N) is 5. The van der Waals surface area contributed by atoms with Crippen LogP contribution < -0.4 is 16.0 Å². The van der Waals surface area contributed by atoms with Crippen LogP contribution in [-0.2, 0) is 16.6 Å². The van der Waals surface area contributed by atoms with Gasteiger partial charge in [0, 0.05) is 39.0 Å². The van der Waals surface area contributed by atoms with Gasteiger partial charge in [0.2, 0.25) is 11.9 Å². The molecule has 3 N–H and O–H groups in total. The number of nitrogens with one attached hydrogen (secondary N) is 3. The molecular formula is C29H40N8O3. The summed E-state index contributed by atoms with van der Waals surface area (Å²) in [4.78, 5) is 35.1. The summed E-state index contributed by atoms with van der Waals surface area (Å²) in [6.07, 6.45) is 5.17. The normalized spacial score (nSPS) is 11.8. The highest BCUT2D eigenvalue weighted by atomic mass is 16.6. The largest absolute Gasteiger partial charge is 0.444 e. The molecule has 1 atom stereocenters. The molecule has 0 fully saturated rings. The summed E-state index contributed by atoms with van der Waals surface area (Å²) in [7, 11) is 3.46. The van der Waals surface area contributed by atoms with Crippen LogP contribution in [0.2, 0.25) is 0 Å². The zero-order valence-corrected chi connectivity index (χ0v) is 24.5. The average Bonchev–Trinajstić information content (AvgIpc) is 3.29. The van der Waals surface area contributed by atoms with Gasteiger partial charge >= 0.3 is 6.09 Å². The van der Waals surface area contributed by atoms with E-state index in [1.54, 1.807) is 40.9 Å². The number of unbranched alkanes of at least 4 members (excludes halogenated alkanes) is 1. The standard InChI is InChI=1S/C29H40N8O3/c1-8-16-30-25-21(18-32-27(35-25)34-23-14-12-15-24-22(23)19-33-37(24)7)13-10-9-11-17-31-26(38)20(2)36(6)28(39)40-29(3,4)5/h12,14-15,18-20H,8-9,11,16-17H2,1-7H3,(H,31,38)(H2,30,32,34,35)/t20-/m0/s1. The van der Waals surface area contributed by atoms with Gasteiger partial charge in [-0.2, -0.15) is 10.1 Å². The van der Waals surface area contributed by atoms with Gasteiger partial charge in [-0.05, 0) is 52.7 Å². The Balaban J connectivity index is 1.56. The fourth-order valence-corrected chi connectivity index (χ4v) is 3.68. The summed E-state index contributed by atoms with van der Waals surface area (Å²) in [6, 6.07) is 5.29. The molecule has 2 heterocycles. The zero-order valence-electron chi connectivity index (χ0n) is 24.5. The lowest BCUT2D eigenvalue weighted by molar-refractivity contribution is -0.125. The van der Waals surface area contributed by atoms with E-state index in [1.165, 1.54) is 4.90 Å². The van der Waals surface area contributed by atoms with Crippen molar-refractivity contribution in [2.45, 2.75) is 65.5 Å². The van der Waals surface area contributed by atoms with Gasteiger partial charge in [-0.15, -0.1) is 0 Å². The highest BCUT2D eigenvalue weighted by molar-refractivity contribution is 5.92. The second-order valence-corrected chi connectivity index (χ2v) is 10.5. The van der Waals surface area contributed by atoms with Gasteiger partial charge in [0.15, 0.2) is 0 Å². The summed E-state index contributed by atoms with van der Waals surface area (Å²) in [6.45, 7) is 10.3. The van der Waals surface area contributed by atoms with E-state index in [4.69, 9.17) is 4.74 Å². The first-order valence-electron chi connectivity index (χ1n) is 13.5. The third-order valence-electron chi connectivity index (χ3n) is 6.01. The predicted molar refractivity (Wildman–Crippen MR) is 157 cm³/mol. The second-order valence-electron chi connectivity index (χ2n) is 10.5. The molecule has 0 aliphatic rings. The van der Waals surface area contributed by atoms with Gasteiger partial charge in [-0.1, -0.05) is 24.8 Å². The van der Waals surface area contributed by atoms with Crippen LogP contribution in [0.5, 0.6) is 0 Å².